The highest BCUT2D eigenvalue weighted by Gasteiger charge is 2.49. The van der Waals surface area contributed by atoms with Gasteiger partial charge in [0.25, 0.3) is 11.9 Å². The quantitative estimate of drug-likeness (QED) is 0.358. The van der Waals surface area contributed by atoms with Crippen LogP contribution in [0, 0.1) is 0 Å². The lowest BCUT2D eigenvalue weighted by molar-refractivity contribution is -0.143. The number of fused-ring (bicyclic) bond motifs is 2. The van der Waals surface area contributed by atoms with Crippen LogP contribution in [0.1, 0.15) is 31.6 Å². The molecule has 26 heavy (non-hydrogen) atoms. The molecular formula is C12H17N5O8S. The van der Waals surface area contributed by atoms with E-state index in [2.05, 4.69) is 19.7 Å². The van der Waals surface area contributed by atoms with Crippen molar-refractivity contribution in [3.05, 3.63) is 11.9 Å². The van der Waals surface area contributed by atoms with Crippen molar-refractivity contribution in [1.29, 1.82) is 0 Å². The van der Waals surface area contributed by atoms with Crippen molar-refractivity contribution in [3.63, 3.8) is 0 Å². The van der Waals surface area contributed by atoms with Crippen LogP contribution in [0.15, 0.2) is 6.20 Å². The number of piperidine rings is 1. The molecule has 144 valence electrons. The Balaban J connectivity index is 1.60. The SMILES string of the molecule is CC(ONC(=O)[C@@H]1CC[C@@H]2CN1C(=O)N2OS(=O)(=O)O)c1cnc(O)[nH]1. The Morgan fingerprint density at radius 1 is 1.50 bits per heavy atom. The van der Waals surface area contributed by atoms with Crippen molar-refractivity contribution in [1.82, 2.24) is 25.4 Å². The zero-order valence-corrected chi connectivity index (χ0v) is 14.3. The molecule has 2 aliphatic rings. The minimum absolute atomic E-state index is 0.0798. The largest absolute Gasteiger partial charge is 0.480 e. The number of aromatic nitrogens is 2. The third kappa shape index (κ3) is 3.72. The fourth-order valence-electron chi connectivity index (χ4n) is 2.91. The second kappa shape index (κ2) is 6.71. The zero-order valence-electron chi connectivity index (χ0n) is 13.5. The molecule has 4 N–H and O–H groups in total. The van der Waals surface area contributed by atoms with Crippen LogP contribution in [-0.2, 0) is 24.3 Å². The summed E-state index contributed by atoms with van der Waals surface area (Å²) < 4.78 is 34.7. The van der Waals surface area contributed by atoms with Gasteiger partial charge < -0.3 is 15.0 Å². The van der Waals surface area contributed by atoms with E-state index in [4.69, 9.17) is 14.5 Å². The van der Waals surface area contributed by atoms with E-state index in [0.29, 0.717) is 17.2 Å². The summed E-state index contributed by atoms with van der Waals surface area (Å²) in [7, 11) is -4.84. The third-order valence-electron chi connectivity index (χ3n) is 4.16. The number of amides is 3. The number of rotatable bonds is 6. The molecule has 0 aromatic carbocycles. The average molecular weight is 391 g/mol. The van der Waals surface area contributed by atoms with Crippen LogP contribution in [0.2, 0.25) is 0 Å². The minimum Gasteiger partial charge on any atom is -0.480 e. The maximum atomic E-state index is 12.3. The van der Waals surface area contributed by atoms with Crippen LogP contribution in [-0.4, -0.2) is 68.6 Å². The van der Waals surface area contributed by atoms with E-state index in [1.165, 1.54) is 6.20 Å². The van der Waals surface area contributed by atoms with Gasteiger partial charge >= 0.3 is 16.4 Å². The average Bonchev–Trinajstić information content (AvgIpc) is 3.09. The van der Waals surface area contributed by atoms with Gasteiger partial charge in [0.15, 0.2) is 0 Å². The Bertz CT molecular complexity index is 810. The first kappa shape index (κ1) is 18.4. The normalized spacial score (nSPS) is 24.0. The first-order chi connectivity index (χ1) is 12.2. The van der Waals surface area contributed by atoms with Crippen molar-refractivity contribution in [3.8, 4) is 6.01 Å². The van der Waals surface area contributed by atoms with Crippen molar-refractivity contribution >= 4 is 22.3 Å². The summed E-state index contributed by atoms with van der Waals surface area (Å²) in [5, 5.41) is 9.71. The molecule has 2 fully saturated rings. The van der Waals surface area contributed by atoms with Crippen LogP contribution >= 0.6 is 0 Å². The number of carbonyl (C=O) groups is 2. The van der Waals surface area contributed by atoms with Gasteiger partial charge in [-0.15, -0.1) is 4.28 Å². The molecule has 3 heterocycles. The summed E-state index contributed by atoms with van der Waals surface area (Å²) in [6.07, 6.45) is 1.26. The molecule has 3 rings (SSSR count). The molecule has 14 heteroatoms. The number of hydroxylamine groups is 3. The van der Waals surface area contributed by atoms with Gasteiger partial charge in [0.05, 0.1) is 17.9 Å². The molecule has 13 nitrogen and oxygen atoms in total. The fraction of sp³-hybridized carbons (Fsp3) is 0.583. The van der Waals surface area contributed by atoms with Gasteiger partial charge in [-0.1, -0.05) is 0 Å². The van der Waals surface area contributed by atoms with Crippen LogP contribution in [0.5, 0.6) is 6.01 Å². The van der Waals surface area contributed by atoms with Crippen LogP contribution in [0.4, 0.5) is 4.79 Å². The maximum absolute atomic E-state index is 12.3. The number of hydrogen-bond donors (Lipinski definition) is 4. The number of urea groups is 1. The molecule has 2 saturated heterocycles. The summed E-state index contributed by atoms with van der Waals surface area (Å²) in [4.78, 5) is 37.1. The predicted molar refractivity (Wildman–Crippen MR) is 81.3 cm³/mol. The molecule has 2 aliphatic heterocycles. The lowest BCUT2D eigenvalue weighted by Gasteiger charge is -2.29. The monoisotopic (exact) mass is 391 g/mol. The van der Waals surface area contributed by atoms with Crippen molar-refractivity contribution in [2.24, 2.45) is 0 Å². The van der Waals surface area contributed by atoms with E-state index in [0.717, 1.165) is 4.90 Å². The highest BCUT2D eigenvalue weighted by Crippen LogP contribution is 2.30. The third-order valence-corrected chi connectivity index (χ3v) is 4.51. The molecule has 1 unspecified atom stereocenters. The van der Waals surface area contributed by atoms with Gasteiger partial charge in [0.1, 0.15) is 12.1 Å². The summed E-state index contributed by atoms with van der Waals surface area (Å²) in [6, 6.07) is -2.59. The second-order valence-electron chi connectivity index (χ2n) is 5.90. The molecule has 1 aromatic rings. The molecule has 0 saturated carbocycles. The zero-order chi connectivity index (χ0) is 19.1. The van der Waals surface area contributed by atoms with Crippen molar-refractivity contribution < 1.29 is 36.8 Å². The molecule has 0 radical (unpaired) electrons. The Labute approximate surface area is 147 Å². The smallest absolute Gasteiger partial charge is 0.418 e. The van der Waals surface area contributed by atoms with Gasteiger partial charge in [0, 0.05) is 6.54 Å². The van der Waals surface area contributed by atoms with Gasteiger partial charge in [0.2, 0.25) is 0 Å². The molecule has 0 spiro atoms. The number of carbonyl (C=O) groups excluding carboxylic acids is 2. The topological polar surface area (TPSA) is 174 Å². The molecule has 0 aliphatic carbocycles. The van der Waals surface area contributed by atoms with Gasteiger partial charge in [-0.05, 0) is 19.8 Å². The maximum Gasteiger partial charge on any atom is 0.418 e. The standard InChI is InChI=1S/C12H17N5O8S/c1-6(8-4-13-11(19)14-8)24-15-10(18)9-3-2-7-5-16(9)12(20)17(7)25-26(21,22)23/h4,6-7,9H,2-3,5H2,1H3,(H,15,18)(H2,13,14,19)(H,21,22,23)/t6?,7-,9+/m1/s1. The first-order valence-corrected chi connectivity index (χ1v) is 8.98. The minimum atomic E-state index is -4.84. The lowest BCUT2D eigenvalue weighted by atomic mass is 10.0. The van der Waals surface area contributed by atoms with E-state index in [9.17, 15) is 18.0 Å². The number of hydrogen-bond acceptors (Lipinski definition) is 8. The number of aromatic amines is 1. The Morgan fingerprint density at radius 2 is 2.23 bits per heavy atom. The molecule has 1 aromatic heterocycles. The predicted octanol–water partition coefficient (Wildman–Crippen LogP) is -0.773. The summed E-state index contributed by atoms with van der Waals surface area (Å²) >= 11 is 0. The molecular weight excluding hydrogens is 374 g/mol. The second-order valence-corrected chi connectivity index (χ2v) is 6.90. The number of aromatic hydroxyl groups is 1. The van der Waals surface area contributed by atoms with Crippen LogP contribution < -0.4 is 5.48 Å². The van der Waals surface area contributed by atoms with E-state index in [1.807, 2.05) is 0 Å². The van der Waals surface area contributed by atoms with Crippen LogP contribution in [0.3, 0.4) is 0 Å². The van der Waals surface area contributed by atoms with Crippen molar-refractivity contribution in [2.75, 3.05) is 6.54 Å². The summed E-state index contributed by atoms with van der Waals surface area (Å²) in [5.41, 5.74) is 2.66. The van der Waals surface area contributed by atoms with Crippen LogP contribution in [0.25, 0.3) is 0 Å². The lowest BCUT2D eigenvalue weighted by Crippen LogP contribution is -2.49. The highest BCUT2D eigenvalue weighted by molar-refractivity contribution is 7.80. The fourth-order valence-corrected chi connectivity index (χ4v) is 3.30. The van der Waals surface area contributed by atoms with Gasteiger partial charge in [-0.25, -0.2) is 15.3 Å². The highest BCUT2D eigenvalue weighted by atomic mass is 32.3. The van der Waals surface area contributed by atoms with E-state index in [1.54, 1.807) is 6.92 Å². The summed E-state index contributed by atoms with van der Waals surface area (Å²) in [6.45, 7) is 1.68. The summed E-state index contributed by atoms with van der Waals surface area (Å²) in [5.74, 6) is -0.596. The molecule has 3 amide bonds. The number of H-pyrrole nitrogens is 1. The number of imidazole rings is 1. The van der Waals surface area contributed by atoms with Gasteiger partial charge in [-0.2, -0.15) is 13.5 Å². The molecule has 3 atom stereocenters. The van der Waals surface area contributed by atoms with E-state index < -0.39 is 40.5 Å². The van der Waals surface area contributed by atoms with Gasteiger partial charge in [-0.3, -0.25) is 14.2 Å². The Kier molecular flexibility index (Phi) is 4.74. The number of nitrogens with zero attached hydrogens (tertiary/aromatic N) is 3. The molecule has 2 bridgehead atoms. The Morgan fingerprint density at radius 3 is 2.85 bits per heavy atom. The Hall–Kier alpha value is -2.42. The van der Waals surface area contributed by atoms with E-state index in [-0.39, 0.29) is 19.0 Å². The van der Waals surface area contributed by atoms with E-state index >= 15 is 0 Å². The first-order valence-electron chi connectivity index (χ1n) is 7.62. The van der Waals surface area contributed by atoms with Crippen molar-refractivity contribution in [2.45, 2.75) is 38.0 Å². The number of nitrogens with one attached hydrogen (secondary N) is 2.